The average molecular weight is 349 g/mol. The summed E-state index contributed by atoms with van der Waals surface area (Å²) in [5.41, 5.74) is 0.407. The maximum atomic E-state index is 12.3. The summed E-state index contributed by atoms with van der Waals surface area (Å²) in [4.78, 5) is 31.3. The van der Waals surface area contributed by atoms with Crippen molar-refractivity contribution in [2.24, 2.45) is 4.99 Å². The predicted octanol–water partition coefficient (Wildman–Crippen LogP) is 2.80. The number of nitrogens with one attached hydrogen (secondary N) is 1. The fourth-order valence-corrected chi connectivity index (χ4v) is 2.83. The summed E-state index contributed by atoms with van der Waals surface area (Å²) in [6.45, 7) is 3.54. The molecule has 0 bridgehead atoms. The van der Waals surface area contributed by atoms with E-state index in [1.165, 1.54) is 0 Å². The van der Waals surface area contributed by atoms with E-state index >= 15 is 0 Å². The normalized spacial score (nSPS) is 12.8. The summed E-state index contributed by atoms with van der Waals surface area (Å²) in [7, 11) is 0. The van der Waals surface area contributed by atoms with Crippen molar-refractivity contribution in [2.75, 3.05) is 0 Å². The van der Waals surface area contributed by atoms with Crippen molar-refractivity contribution in [1.29, 1.82) is 0 Å². The summed E-state index contributed by atoms with van der Waals surface area (Å²) in [6.07, 6.45) is 0. The Hall–Kier alpha value is -3.41. The topological polar surface area (TPSA) is 87.4 Å². The van der Waals surface area contributed by atoms with Crippen LogP contribution in [0.3, 0.4) is 0 Å². The molecule has 1 aromatic heterocycles. The van der Waals surface area contributed by atoms with Crippen LogP contribution in [0.2, 0.25) is 0 Å². The SMILES string of the molecule is CC(=NC(C)c1ccccc1)c1c(O)n(-c2ccccc2)c(=O)[nH]c1=O. The third kappa shape index (κ3) is 3.35. The first-order valence-corrected chi connectivity index (χ1v) is 8.22. The van der Waals surface area contributed by atoms with Crippen molar-refractivity contribution >= 4 is 5.71 Å². The van der Waals surface area contributed by atoms with Gasteiger partial charge in [0.05, 0.1) is 17.4 Å². The van der Waals surface area contributed by atoms with Crippen LogP contribution in [0.4, 0.5) is 0 Å². The summed E-state index contributed by atoms with van der Waals surface area (Å²) in [5, 5.41) is 10.6. The monoisotopic (exact) mass is 349 g/mol. The van der Waals surface area contributed by atoms with E-state index in [-0.39, 0.29) is 11.6 Å². The van der Waals surface area contributed by atoms with Crippen molar-refractivity contribution in [3.63, 3.8) is 0 Å². The summed E-state index contributed by atoms with van der Waals surface area (Å²) >= 11 is 0. The maximum absolute atomic E-state index is 12.3. The second kappa shape index (κ2) is 7.23. The van der Waals surface area contributed by atoms with Crippen LogP contribution in [0.25, 0.3) is 5.69 Å². The van der Waals surface area contributed by atoms with Gasteiger partial charge >= 0.3 is 5.69 Å². The minimum Gasteiger partial charge on any atom is -0.493 e. The molecule has 2 N–H and O–H groups in total. The minimum absolute atomic E-state index is 0.0174. The van der Waals surface area contributed by atoms with Crippen LogP contribution in [-0.4, -0.2) is 20.4 Å². The van der Waals surface area contributed by atoms with Gasteiger partial charge in [-0.25, -0.2) is 9.36 Å². The standard InChI is InChI=1S/C20H19N3O3/c1-13(15-9-5-3-6-10-15)21-14(2)17-18(24)22-20(26)23(19(17)25)16-11-7-4-8-12-16/h3-13,25H,1-2H3,(H,22,24,26). The Labute approximate surface area is 150 Å². The van der Waals surface area contributed by atoms with E-state index in [9.17, 15) is 14.7 Å². The van der Waals surface area contributed by atoms with Crippen molar-refractivity contribution in [3.05, 3.63) is 92.6 Å². The van der Waals surface area contributed by atoms with Crippen LogP contribution in [0.15, 0.2) is 75.2 Å². The van der Waals surface area contributed by atoms with Gasteiger partial charge in [-0.3, -0.25) is 14.8 Å². The lowest BCUT2D eigenvalue weighted by Gasteiger charge is -2.13. The zero-order valence-electron chi connectivity index (χ0n) is 14.5. The van der Waals surface area contributed by atoms with Crippen molar-refractivity contribution in [2.45, 2.75) is 19.9 Å². The van der Waals surface area contributed by atoms with E-state index in [2.05, 4.69) is 9.98 Å². The quantitative estimate of drug-likeness (QED) is 0.710. The molecule has 0 spiro atoms. The van der Waals surface area contributed by atoms with E-state index in [0.29, 0.717) is 11.4 Å². The molecular weight excluding hydrogens is 330 g/mol. The molecule has 0 amide bonds. The summed E-state index contributed by atoms with van der Waals surface area (Å²) < 4.78 is 1.06. The van der Waals surface area contributed by atoms with Gasteiger partial charge < -0.3 is 5.11 Å². The van der Waals surface area contributed by atoms with E-state index in [1.807, 2.05) is 37.3 Å². The molecule has 132 valence electrons. The van der Waals surface area contributed by atoms with E-state index in [0.717, 1.165) is 10.1 Å². The van der Waals surface area contributed by atoms with E-state index in [4.69, 9.17) is 0 Å². The second-order valence-electron chi connectivity index (χ2n) is 5.93. The Bertz CT molecular complexity index is 1050. The molecule has 6 nitrogen and oxygen atoms in total. The third-order valence-electron chi connectivity index (χ3n) is 4.13. The smallest absolute Gasteiger partial charge is 0.335 e. The molecule has 26 heavy (non-hydrogen) atoms. The molecule has 3 aromatic rings. The molecule has 3 rings (SSSR count). The highest BCUT2D eigenvalue weighted by atomic mass is 16.3. The van der Waals surface area contributed by atoms with Gasteiger partial charge in [-0.2, -0.15) is 0 Å². The molecule has 1 unspecified atom stereocenters. The number of rotatable bonds is 4. The highest BCUT2D eigenvalue weighted by molar-refractivity contribution is 6.00. The number of aromatic hydroxyl groups is 1. The highest BCUT2D eigenvalue weighted by Crippen LogP contribution is 2.20. The lowest BCUT2D eigenvalue weighted by Crippen LogP contribution is -2.32. The second-order valence-corrected chi connectivity index (χ2v) is 5.93. The highest BCUT2D eigenvalue weighted by Gasteiger charge is 2.18. The number of benzene rings is 2. The largest absolute Gasteiger partial charge is 0.493 e. The average Bonchev–Trinajstić information content (AvgIpc) is 2.63. The molecule has 0 aliphatic rings. The van der Waals surface area contributed by atoms with Crippen molar-refractivity contribution in [1.82, 2.24) is 9.55 Å². The van der Waals surface area contributed by atoms with Crippen molar-refractivity contribution < 1.29 is 5.11 Å². The van der Waals surface area contributed by atoms with Gasteiger partial charge in [-0.05, 0) is 31.5 Å². The molecule has 0 radical (unpaired) electrons. The Morgan fingerprint density at radius 3 is 2.23 bits per heavy atom. The molecular formula is C20H19N3O3. The fraction of sp³-hybridized carbons (Fsp3) is 0.150. The molecule has 2 aromatic carbocycles. The van der Waals surface area contributed by atoms with Gasteiger partial charge in [-0.15, -0.1) is 0 Å². The molecule has 1 heterocycles. The summed E-state index contributed by atoms with van der Waals surface area (Å²) in [6, 6.07) is 18.0. The van der Waals surface area contributed by atoms with Gasteiger partial charge in [0.25, 0.3) is 5.56 Å². The van der Waals surface area contributed by atoms with Gasteiger partial charge in [0.1, 0.15) is 5.56 Å². The number of hydrogen-bond acceptors (Lipinski definition) is 4. The third-order valence-corrected chi connectivity index (χ3v) is 4.13. The Balaban J connectivity index is 2.12. The first kappa shape index (κ1) is 17.4. The first-order chi connectivity index (χ1) is 12.5. The molecule has 0 saturated carbocycles. The number of aromatic amines is 1. The van der Waals surface area contributed by atoms with Gasteiger partial charge in [0.2, 0.25) is 5.88 Å². The van der Waals surface area contributed by atoms with Gasteiger partial charge in [0.15, 0.2) is 0 Å². The van der Waals surface area contributed by atoms with Gasteiger partial charge in [0, 0.05) is 0 Å². The number of para-hydroxylation sites is 1. The van der Waals surface area contributed by atoms with Crippen LogP contribution in [-0.2, 0) is 0 Å². The van der Waals surface area contributed by atoms with E-state index < -0.39 is 17.1 Å². The van der Waals surface area contributed by atoms with Crippen LogP contribution >= 0.6 is 0 Å². The molecule has 6 heteroatoms. The Morgan fingerprint density at radius 2 is 1.62 bits per heavy atom. The number of H-pyrrole nitrogens is 1. The van der Waals surface area contributed by atoms with Crippen LogP contribution in [0.1, 0.15) is 31.0 Å². The number of aromatic nitrogens is 2. The Morgan fingerprint density at radius 1 is 1.04 bits per heavy atom. The lowest BCUT2D eigenvalue weighted by molar-refractivity contribution is 0.429. The molecule has 1 atom stereocenters. The minimum atomic E-state index is -0.702. The van der Waals surface area contributed by atoms with Gasteiger partial charge in [-0.1, -0.05) is 48.5 Å². The van der Waals surface area contributed by atoms with Crippen molar-refractivity contribution in [3.8, 4) is 11.6 Å². The predicted molar refractivity (Wildman–Crippen MR) is 101 cm³/mol. The number of aliphatic imine (C=N–C) groups is 1. The summed E-state index contributed by atoms with van der Waals surface area (Å²) in [5.74, 6) is -0.425. The zero-order valence-corrected chi connectivity index (χ0v) is 14.5. The number of hydrogen-bond donors (Lipinski definition) is 2. The molecule has 0 fully saturated rings. The molecule has 0 aliphatic carbocycles. The molecule has 0 saturated heterocycles. The first-order valence-electron chi connectivity index (χ1n) is 8.22. The van der Waals surface area contributed by atoms with Crippen LogP contribution in [0.5, 0.6) is 5.88 Å². The number of nitrogens with zero attached hydrogens (tertiary/aromatic N) is 2. The fourth-order valence-electron chi connectivity index (χ4n) is 2.83. The lowest BCUT2D eigenvalue weighted by atomic mass is 10.1. The molecule has 0 aliphatic heterocycles. The van der Waals surface area contributed by atoms with E-state index in [1.54, 1.807) is 37.3 Å². The zero-order chi connectivity index (χ0) is 18.7. The maximum Gasteiger partial charge on any atom is 0.335 e. The van der Waals surface area contributed by atoms with Crippen LogP contribution < -0.4 is 11.2 Å². The Kier molecular flexibility index (Phi) is 4.84. The van der Waals surface area contributed by atoms with Crippen LogP contribution in [0, 0.1) is 0 Å².